The average Bonchev–Trinajstić information content (AvgIpc) is 1.72. The lowest BCUT2D eigenvalue weighted by atomic mass is 10.2. The van der Waals surface area contributed by atoms with Crippen molar-refractivity contribution in [3.63, 3.8) is 0 Å². The predicted octanol–water partition coefficient (Wildman–Crippen LogP) is 0.996. The Hall–Kier alpha value is -0.110. The van der Waals surface area contributed by atoms with Crippen LogP contribution in [-0.2, 0) is 0 Å². The Labute approximate surface area is 51.2 Å². The zero-order chi connectivity index (χ0) is 4.24. The summed E-state index contributed by atoms with van der Waals surface area (Å²) in [4.78, 5) is 0. The first-order chi connectivity index (χ1) is 3.00. The molecule has 1 heterocycles. The van der Waals surface area contributed by atoms with E-state index < -0.39 is 0 Å². The summed E-state index contributed by atoms with van der Waals surface area (Å²) in [6.45, 7) is 1.16. The van der Waals surface area contributed by atoms with E-state index in [0.29, 0.717) is 0 Å². The number of nitrogens with one attached hydrogen (secondary N) is 1. The summed E-state index contributed by atoms with van der Waals surface area (Å²) in [5.74, 6) is 0. The largest absolute Gasteiger partial charge is 0.391 e. The van der Waals surface area contributed by atoms with Gasteiger partial charge < -0.3 is 5.32 Å². The van der Waals surface area contributed by atoms with Gasteiger partial charge in [0.2, 0.25) is 0 Å². The van der Waals surface area contributed by atoms with Crippen LogP contribution in [0.4, 0.5) is 0 Å². The minimum absolute atomic E-state index is 0. The lowest BCUT2D eigenvalue weighted by molar-refractivity contribution is 0.728. The highest BCUT2D eigenvalue weighted by molar-refractivity contribution is 7.59. The van der Waals surface area contributed by atoms with E-state index >= 15 is 0 Å². The summed E-state index contributed by atoms with van der Waals surface area (Å²) < 4.78 is 0. The van der Waals surface area contributed by atoms with Gasteiger partial charge in [-0.2, -0.15) is 13.5 Å². The second-order valence-corrected chi connectivity index (χ2v) is 1.50. The van der Waals surface area contributed by atoms with Crippen molar-refractivity contribution in [1.29, 1.82) is 0 Å². The number of allylic oxidation sites excluding steroid dienone is 1. The molecule has 42 valence electrons. The second kappa shape index (κ2) is 4.06. The third-order valence-electron chi connectivity index (χ3n) is 0.928. The smallest absolute Gasteiger partial charge is 0.0144 e. The highest BCUT2D eigenvalue weighted by Gasteiger charge is 1.84. The molecular formula is C5H11NS. The fourth-order valence-electron chi connectivity index (χ4n) is 0.572. The summed E-state index contributed by atoms with van der Waals surface area (Å²) in [7, 11) is 0. The molecule has 0 saturated carbocycles. The Kier molecular flexibility index (Phi) is 4.00. The molecule has 1 aliphatic heterocycles. The van der Waals surface area contributed by atoms with Gasteiger partial charge in [0.1, 0.15) is 0 Å². The van der Waals surface area contributed by atoms with Gasteiger partial charge >= 0.3 is 0 Å². The van der Waals surface area contributed by atoms with Gasteiger partial charge in [-0.15, -0.1) is 0 Å². The van der Waals surface area contributed by atoms with Crippen LogP contribution in [0.1, 0.15) is 12.8 Å². The Balaban J connectivity index is 0.000000360. The highest BCUT2D eigenvalue weighted by Crippen LogP contribution is 1.91. The molecule has 0 aromatic carbocycles. The molecule has 0 amide bonds. The van der Waals surface area contributed by atoms with Crippen molar-refractivity contribution in [3.8, 4) is 0 Å². The zero-order valence-corrected chi connectivity index (χ0v) is 5.28. The Bertz CT molecular complexity index is 53.1. The van der Waals surface area contributed by atoms with Crippen LogP contribution in [0, 0.1) is 0 Å². The molecule has 0 aromatic heterocycles. The van der Waals surface area contributed by atoms with E-state index in [4.69, 9.17) is 0 Å². The van der Waals surface area contributed by atoms with Gasteiger partial charge in [0, 0.05) is 6.54 Å². The maximum absolute atomic E-state index is 3.10. The number of hydrogen-bond acceptors (Lipinski definition) is 1. The molecule has 0 aromatic rings. The Morgan fingerprint density at radius 3 is 2.43 bits per heavy atom. The average molecular weight is 117 g/mol. The minimum atomic E-state index is 0. The first-order valence-electron chi connectivity index (χ1n) is 2.38. The lowest BCUT2D eigenvalue weighted by Crippen LogP contribution is -2.09. The predicted molar refractivity (Wildman–Crippen MR) is 36.8 cm³/mol. The third-order valence-corrected chi connectivity index (χ3v) is 0.928. The van der Waals surface area contributed by atoms with E-state index in [-0.39, 0.29) is 13.5 Å². The van der Waals surface area contributed by atoms with Crippen molar-refractivity contribution in [3.05, 3.63) is 12.3 Å². The van der Waals surface area contributed by atoms with Gasteiger partial charge in [-0.1, -0.05) is 6.08 Å². The van der Waals surface area contributed by atoms with E-state index in [0.717, 1.165) is 6.54 Å². The molecule has 0 unspecified atom stereocenters. The first-order valence-corrected chi connectivity index (χ1v) is 2.38. The molecule has 0 saturated heterocycles. The molecule has 1 aliphatic rings. The van der Waals surface area contributed by atoms with Crippen LogP contribution >= 0.6 is 13.5 Å². The number of hydrogen-bond donors (Lipinski definition) is 1. The number of rotatable bonds is 0. The van der Waals surface area contributed by atoms with Crippen molar-refractivity contribution < 1.29 is 0 Å². The summed E-state index contributed by atoms with van der Waals surface area (Å²) in [6.07, 6.45) is 6.73. The van der Waals surface area contributed by atoms with Crippen molar-refractivity contribution in [2.24, 2.45) is 0 Å². The zero-order valence-electron chi connectivity index (χ0n) is 4.28. The molecule has 7 heavy (non-hydrogen) atoms. The van der Waals surface area contributed by atoms with Gasteiger partial charge in [0.15, 0.2) is 0 Å². The van der Waals surface area contributed by atoms with Crippen LogP contribution in [0.2, 0.25) is 0 Å². The summed E-state index contributed by atoms with van der Waals surface area (Å²) in [5, 5.41) is 3.10. The van der Waals surface area contributed by atoms with Gasteiger partial charge in [-0.05, 0) is 19.0 Å². The van der Waals surface area contributed by atoms with E-state index in [1.165, 1.54) is 12.8 Å². The molecule has 1 N–H and O–H groups in total. The van der Waals surface area contributed by atoms with E-state index in [9.17, 15) is 0 Å². The Morgan fingerprint density at radius 1 is 1.43 bits per heavy atom. The lowest BCUT2D eigenvalue weighted by Gasteiger charge is -2.02. The second-order valence-electron chi connectivity index (χ2n) is 1.50. The summed E-state index contributed by atoms with van der Waals surface area (Å²) >= 11 is 0. The molecule has 0 aliphatic carbocycles. The van der Waals surface area contributed by atoms with Gasteiger partial charge in [-0.3, -0.25) is 0 Å². The molecule has 0 radical (unpaired) electrons. The van der Waals surface area contributed by atoms with Crippen LogP contribution in [0.5, 0.6) is 0 Å². The van der Waals surface area contributed by atoms with Gasteiger partial charge in [-0.25, -0.2) is 0 Å². The monoisotopic (exact) mass is 117 g/mol. The third kappa shape index (κ3) is 2.57. The molecule has 2 heteroatoms. The maximum atomic E-state index is 3.10. The molecule has 0 fully saturated rings. The summed E-state index contributed by atoms with van der Waals surface area (Å²) in [6, 6.07) is 0. The quantitative estimate of drug-likeness (QED) is 0.499. The summed E-state index contributed by atoms with van der Waals surface area (Å²) in [5.41, 5.74) is 0. The maximum Gasteiger partial charge on any atom is 0.0144 e. The van der Waals surface area contributed by atoms with Crippen LogP contribution in [0.15, 0.2) is 12.3 Å². The van der Waals surface area contributed by atoms with E-state index in [1.807, 2.05) is 6.20 Å². The van der Waals surface area contributed by atoms with Crippen molar-refractivity contribution in [2.45, 2.75) is 12.8 Å². The fraction of sp³-hybridized carbons (Fsp3) is 0.600. The molecule has 1 rings (SSSR count). The van der Waals surface area contributed by atoms with Crippen LogP contribution in [0.3, 0.4) is 0 Å². The topological polar surface area (TPSA) is 12.0 Å². The molecule has 0 bridgehead atoms. The van der Waals surface area contributed by atoms with Crippen LogP contribution in [0.25, 0.3) is 0 Å². The van der Waals surface area contributed by atoms with E-state index in [1.54, 1.807) is 0 Å². The van der Waals surface area contributed by atoms with Crippen molar-refractivity contribution in [2.75, 3.05) is 6.54 Å². The fourth-order valence-corrected chi connectivity index (χ4v) is 0.572. The molecule has 0 atom stereocenters. The van der Waals surface area contributed by atoms with Gasteiger partial charge in [0.25, 0.3) is 0 Å². The SMILES string of the molecule is C1=CNCCC1.S. The standard InChI is InChI=1S/C5H9N.H2S/c1-2-4-6-5-3-1;/h2,4,6H,1,3,5H2;1H2. The van der Waals surface area contributed by atoms with Crippen molar-refractivity contribution >= 4 is 13.5 Å². The Morgan fingerprint density at radius 2 is 2.29 bits per heavy atom. The first kappa shape index (κ1) is 6.89. The van der Waals surface area contributed by atoms with Gasteiger partial charge in [0.05, 0.1) is 0 Å². The molecular weight excluding hydrogens is 106 g/mol. The van der Waals surface area contributed by atoms with Crippen LogP contribution in [-0.4, -0.2) is 6.54 Å². The highest BCUT2D eigenvalue weighted by atomic mass is 32.1. The van der Waals surface area contributed by atoms with E-state index in [2.05, 4.69) is 11.4 Å². The van der Waals surface area contributed by atoms with Crippen LogP contribution < -0.4 is 5.32 Å². The molecule has 0 spiro atoms. The minimum Gasteiger partial charge on any atom is -0.391 e. The normalized spacial score (nSPS) is 17.1. The molecule has 1 nitrogen and oxygen atoms in total. The van der Waals surface area contributed by atoms with Crippen molar-refractivity contribution in [1.82, 2.24) is 5.32 Å².